The molecule has 0 aliphatic carbocycles. The van der Waals surface area contributed by atoms with Gasteiger partial charge < -0.3 is 4.74 Å². The number of hydrogen-bond donors (Lipinski definition) is 0. The molecular weight excluding hydrogens is 284 g/mol. The van der Waals surface area contributed by atoms with Gasteiger partial charge in [0.05, 0.1) is 7.11 Å². The Bertz CT molecular complexity index is 817. The van der Waals surface area contributed by atoms with Gasteiger partial charge in [-0.05, 0) is 25.5 Å². The lowest BCUT2D eigenvalue weighted by Gasteiger charge is -2.04. The van der Waals surface area contributed by atoms with Gasteiger partial charge in [0.1, 0.15) is 17.1 Å². The van der Waals surface area contributed by atoms with Crippen LogP contribution in [0.25, 0.3) is 16.2 Å². The fourth-order valence-corrected chi connectivity index (χ4v) is 3.66. The monoisotopic (exact) mass is 300 g/mol. The highest BCUT2D eigenvalue weighted by atomic mass is 32.1. The summed E-state index contributed by atoms with van der Waals surface area (Å²) < 4.78 is 7.22. The van der Waals surface area contributed by atoms with Crippen LogP contribution < -0.4 is 4.74 Å². The second-order valence-electron chi connectivity index (χ2n) is 4.77. The fourth-order valence-electron chi connectivity index (χ4n) is 2.59. The smallest absolute Gasteiger partial charge is 0.195 e. The van der Waals surface area contributed by atoms with Crippen LogP contribution in [0.1, 0.15) is 28.0 Å². The molecule has 0 aliphatic heterocycles. The summed E-state index contributed by atoms with van der Waals surface area (Å²) in [5.41, 5.74) is 3.37. The summed E-state index contributed by atoms with van der Waals surface area (Å²) >= 11 is 1.62. The van der Waals surface area contributed by atoms with Crippen LogP contribution >= 0.6 is 11.3 Å². The number of methoxy groups -OCH3 is 1. The molecule has 3 aromatic rings. The van der Waals surface area contributed by atoms with Gasteiger partial charge in [0.25, 0.3) is 0 Å². The lowest BCUT2D eigenvalue weighted by Crippen LogP contribution is -1.97. The third-order valence-electron chi connectivity index (χ3n) is 3.59. The highest BCUT2D eigenvalue weighted by Crippen LogP contribution is 2.31. The molecule has 0 atom stereocenters. The van der Waals surface area contributed by atoms with Crippen LogP contribution in [-0.2, 0) is 6.42 Å². The zero-order valence-corrected chi connectivity index (χ0v) is 13.0. The highest BCUT2D eigenvalue weighted by Gasteiger charge is 2.19. The number of nitrogens with zero attached hydrogens (tertiary/aromatic N) is 2. The first-order chi connectivity index (χ1) is 10.2. The van der Waals surface area contributed by atoms with E-state index in [2.05, 4.69) is 18.8 Å². The van der Waals surface area contributed by atoms with Crippen molar-refractivity contribution in [2.75, 3.05) is 7.11 Å². The van der Waals surface area contributed by atoms with Crippen molar-refractivity contribution >= 4 is 22.6 Å². The van der Waals surface area contributed by atoms with Crippen LogP contribution in [0.15, 0.2) is 24.3 Å². The maximum absolute atomic E-state index is 11.6. The molecule has 5 heteroatoms. The molecule has 21 heavy (non-hydrogen) atoms. The van der Waals surface area contributed by atoms with E-state index in [0.717, 1.165) is 34.7 Å². The average molecular weight is 300 g/mol. The van der Waals surface area contributed by atoms with Crippen LogP contribution in [0.2, 0.25) is 0 Å². The first kappa shape index (κ1) is 13.8. The van der Waals surface area contributed by atoms with Gasteiger partial charge in [0.15, 0.2) is 11.2 Å². The molecule has 2 heterocycles. The molecule has 0 bridgehead atoms. The molecule has 2 aromatic heterocycles. The number of ether oxygens (including phenoxy) is 1. The molecule has 1 aromatic carbocycles. The largest absolute Gasteiger partial charge is 0.497 e. The minimum absolute atomic E-state index is 0.611. The van der Waals surface area contributed by atoms with Gasteiger partial charge in [0.2, 0.25) is 0 Å². The summed E-state index contributed by atoms with van der Waals surface area (Å²) in [6, 6.07) is 7.63. The lowest BCUT2D eigenvalue weighted by molar-refractivity contribution is 0.111. The third kappa shape index (κ3) is 2.14. The van der Waals surface area contributed by atoms with E-state index >= 15 is 0 Å². The molecule has 0 fully saturated rings. The van der Waals surface area contributed by atoms with Crippen LogP contribution in [0.5, 0.6) is 5.75 Å². The molecule has 0 saturated carbocycles. The minimum Gasteiger partial charge on any atom is -0.497 e. The standard InChI is InChI=1S/C16H16N2O2S/c1-4-13-10(2)21-16-17-15(14(9-19)18(13)16)11-6-5-7-12(8-11)20-3/h5-9H,4H2,1-3H3. The zero-order chi connectivity index (χ0) is 15.0. The molecular formula is C16H16N2O2S. The number of thiazole rings is 1. The molecule has 0 radical (unpaired) electrons. The van der Waals surface area contributed by atoms with E-state index in [0.29, 0.717) is 11.4 Å². The molecule has 3 rings (SSSR count). The Morgan fingerprint density at radius 1 is 1.43 bits per heavy atom. The predicted molar refractivity (Wildman–Crippen MR) is 84.6 cm³/mol. The SMILES string of the molecule is CCc1c(C)sc2nc(-c3cccc(OC)c3)c(C=O)n12. The second kappa shape index (κ2) is 5.33. The first-order valence-corrected chi connectivity index (χ1v) is 7.61. The van der Waals surface area contributed by atoms with E-state index in [1.807, 2.05) is 28.7 Å². The maximum Gasteiger partial charge on any atom is 0.195 e. The molecule has 108 valence electrons. The van der Waals surface area contributed by atoms with E-state index in [1.54, 1.807) is 18.4 Å². The van der Waals surface area contributed by atoms with Crippen molar-refractivity contribution in [1.82, 2.24) is 9.38 Å². The number of aryl methyl sites for hydroxylation is 2. The Hall–Kier alpha value is -2.14. The Kier molecular flexibility index (Phi) is 3.51. The predicted octanol–water partition coefficient (Wildman–Crippen LogP) is 3.75. The highest BCUT2D eigenvalue weighted by molar-refractivity contribution is 7.17. The summed E-state index contributed by atoms with van der Waals surface area (Å²) in [5, 5.41) is 0. The number of fused-ring (bicyclic) bond motifs is 1. The van der Waals surface area contributed by atoms with Crippen molar-refractivity contribution in [3.05, 3.63) is 40.5 Å². The number of hydrogen-bond acceptors (Lipinski definition) is 4. The summed E-state index contributed by atoms with van der Waals surface area (Å²) in [4.78, 5) is 18.3. The molecule has 0 amide bonds. The number of carbonyl (C=O) groups is 1. The summed E-state index contributed by atoms with van der Waals surface area (Å²) in [5.74, 6) is 0.757. The third-order valence-corrected chi connectivity index (χ3v) is 4.59. The number of imidazole rings is 1. The quantitative estimate of drug-likeness (QED) is 0.689. The van der Waals surface area contributed by atoms with Gasteiger partial charge in [-0.3, -0.25) is 9.20 Å². The van der Waals surface area contributed by atoms with Crippen molar-refractivity contribution in [1.29, 1.82) is 0 Å². The molecule has 0 saturated heterocycles. The zero-order valence-electron chi connectivity index (χ0n) is 12.2. The first-order valence-electron chi connectivity index (χ1n) is 6.80. The van der Waals surface area contributed by atoms with Gasteiger partial charge in [-0.25, -0.2) is 4.98 Å². The Morgan fingerprint density at radius 3 is 2.90 bits per heavy atom. The van der Waals surface area contributed by atoms with Gasteiger partial charge in [-0.15, -0.1) is 11.3 Å². The fraction of sp³-hybridized carbons (Fsp3) is 0.250. The van der Waals surface area contributed by atoms with Gasteiger partial charge in [-0.2, -0.15) is 0 Å². The number of aromatic nitrogens is 2. The molecule has 0 N–H and O–H groups in total. The minimum atomic E-state index is 0.611. The van der Waals surface area contributed by atoms with E-state index in [4.69, 9.17) is 4.74 Å². The second-order valence-corrected chi connectivity index (χ2v) is 5.95. The molecule has 0 unspecified atom stereocenters. The van der Waals surface area contributed by atoms with Crippen molar-refractivity contribution in [2.24, 2.45) is 0 Å². The van der Waals surface area contributed by atoms with Crippen molar-refractivity contribution in [3.8, 4) is 17.0 Å². The Labute approximate surface area is 127 Å². The van der Waals surface area contributed by atoms with Crippen LogP contribution in [0.4, 0.5) is 0 Å². The van der Waals surface area contributed by atoms with Gasteiger partial charge in [-0.1, -0.05) is 19.1 Å². The topological polar surface area (TPSA) is 43.6 Å². The van der Waals surface area contributed by atoms with E-state index < -0.39 is 0 Å². The lowest BCUT2D eigenvalue weighted by atomic mass is 10.1. The van der Waals surface area contributed by atoms with Crippen molar-refractivity contribution < 1.29 is 9.53 Å². The van der Waals surface area contributed by atoms with E-state index in [-0.39, 0.29) is 0 Å². The maximum atomic E-state index is 11.6. The summed E-state index contributed by atoms with van der Waals surface area (Å²) in [7, 11) is 1.63. The number of rotatable bonds is 4. The van der Waals surface area contributed by atoms with Crippen LogP contribution in [0.3, 0.4) is 0 Å². The van der Waals surface area contributed by atoms with Gasteiger partial charge >= 0.3 is 0 Å². The van der Waals surface area contributed by atoms with Crippen LogP contribution in [-0.4, -0.2) is 22.8 Å². The number of carbonyl (C=O) groups excluding carboxylic acids is 1. The van der Waals surface area contributed by atoms with Crippen molar-refractivity contribution in [3.63, 3.8) is 0 Å². The summed E-state index contributed by atoms with van der Waals surface area (Å²) in [6.07, 6.45) is 1.76. The normalized spacial score (nSPS) is 11.0. The molecule has 4 nitrogen and oxygen atoms in total. The molecule has 0 spiro atoms. The molecule has 0 aliphatic rings. The van der Waals surface area contributed by atoms with E-state index in [9.17, 15) is 4.79 Å². The van der Waals surface area contributed by atoms with Gasteiger partial charge in [0, 0.05) is 16.1 Å². The summed E-state index contributed by atoms with van der Waals surface area (Å²) in [6.45, 7) is 4.16. The van der Waals surface area contributed by atoms with Crippen LogP contribution in [0, 0.1) is 6.92 Å². The number of benzene rings is 1. The Morgan fingerprint density at radius 2 is 2.24 bits per heavy atom. The van der Waals surface area contributed by atoms with Crippen molar-refractivity contribution in [2.45, 2.75) is 20.3 Å². The number of aldehydes is 1. The van der Waals surface area contributed by atoms with E-state index in [1.165, 1.54) is 4.88 Å². The average Bonchev–Trinajstić information content (AvgIpc) is 3.01. The Balaban J connectivity index is 2.27.